The van der Waals surface area contributed by atoms with Crippen molar-refractivity contribution >= 4 is 21.7 Å². The van der Waals surface area contributed by atoms with E-state index < -0.39 is 10.0 Å². The molecule has 0 saturated heterocycles. The quantitative estimate of drug-likeness (QED) is 0.570. The van der Waals surface area contributed by atoms with Crippen LogP contribution >= 0.6 is 0 Å². The first-order valence-corrected chi connectivity index (χ1v) is 12.1. The number of fused-ring (bicyclic) bond motifs is 1. The number of hydrogen-bond acceptors (Lipinski definition) is 5. The van der Waals surface area contributed by atoms with Crippen molar-refractivity contribution in [2.75, 3.05) is 18.0 Å². The number of aromatic nitrogens is 2. The molecule has 0 atom stereocenters. The van der Waals surface area contributed by atoms with E-state index in [0.29, 0.717) is 18.5 Å². The Morgan fingerprint density at radius 2 is 1.75 bits per heavy atom. The zero-order valence-corrected chi connectivity index (χ0v) is 18.8. The van der Waals surface area contributed by atoms with Crippen LogP contribution in [0.3, 0.4) is 0 Å². The van der Waals surface area contributed by atoms with Crippen LogP contribution in [0.25, 0.3) is 0 Å². The predicted molar refractivity (Wildman–Crippen MR) is 123 cm³/mol. The predicted octanol–water partition coefficient (Wildman–Crippen LogP) is 2.22. The highest BCUT2D eigenvalue weighted by molar-refractivity contribution is 7.89. The first-order valence-electron chi connectivity index (χ1n) is 10.6. The maximum absolute atomic E-state index is 12.5. The van der Waals surface area contributed by atoms with Gasteiger partial charge in [-0.25, -0.2) is 18.2 Å². The number of sulfonamides is 1. The van der Waals surface area contributed by atoms with Crippen molar-refractivity contribution in [3.63, 3.8) is 0 Å². The Kier molecular flexibility index (Phi) is 6.29. The largest absolute Gasteiger partial charge is 0.352 e. The molecule has 1 aromatic heterocycles. The SMILES string of the molecule is Cc1cc2n(n1)CCCN2Cc1ccc(C(=O)NCCc2ccc(S(N)(=O)=O)cc2)cc1. The average Bonchev–Trinajstić information content (AvgIpc) is 3.15. The Morgan fingerprint density at radius 3 is 2.44 bits per heavy atom. The van der Waals surface area contributed by atoms with Crippen molar-refractivity contribution in [1.82, 2.24) is 15.1 Å². The number of carbonyl (C=O) groups is 1. The molecule has 0 saturated carbocycles. The summed E-state index contributed by atoms with van der Waals surface area (Å²) >= 11 is 0. The molecule has 3 aromatic rings. The van der Waals surface area contributed by atoms with E-state index in [-0.39, 0.29) is 10.8 Å². The molecule has 1 aliphatic rings. The second-order valence-electron chi connectivity index (χ2n) is 8.03. The van der Waals surface area contributed by atoms with E-state index >= 15 is 0 Å². The van der Waals surface area contributed by atoms with Crippen molar-refractivity contribution in [2.45, 2.75) is 37.8 Å². The van der Waals surface area contributed by atoms with Gasteiger partial charge in [0.1, 0.15) is 5.82 Å². The molecule has 0 fully saturated rings. The third-order valence-corrected chi connectivity index (χ3v) is 6.47. The topological polar surface area (TPSA) is 110 Å². The standard InChI is InChI=1S/C23H27N5O3S/c1-17-15-22-27(13-2-14-28(22)26-17)16-19-3-7-20(8-4-19)23(29)25-12-11-18-5-9-21(10-6-18)32(24,30)31/h3-10,15H,2,11-14,16H2,1H3,(H,25,29)(H2,24,30,31). The van der Waals surface area contributed by atoms with Crippen LogP contribution < -0.4 is 15.4 Å². The van der Waals surface area contributed by atoms with Crippen molar-refractivity contribution in [1.29, 1.82) is 0 Å². The lowest BCUT2D eigenvalue weighted by Gasteiger charge is -2.29. The van der Waals surface area contributed by atoms with Gasteiger partial charge in [-0.3, -0.25) is 4.79 Å². The Labute approximate surface area is 188 Å². The van der Waals surface area contributed by atoms with Crippen LogP contribution in [0.5, 0.6) is 0 Å². The molecule has 1 aliphatic heterocycles. The van der Waals surface area contributed by atoms with Gasteiger partial charge in [0, 0.05) is 37.8 Å². The maximum atomic E-state index is 12.5. The Morgan fingerprint density at radius 1 is 1.06 bits per heavy atom. The van der Waals surface area contributed by atoms with Crippen molar-refractivity contribution in [3.05, 3.63) is 77.0 Å². The lowest BCUT2D eigenvalue weighted by atomic mass is 10.1. The van der Waals surface area contributed by atoms with E-state index in [9.17, 15) is 13.2 Å². The Balaban J connectivity index is 1.30. The third kappa shape index (κ3) is 5.17. The van der Waals surface area contributed by atoms with Crippen LogP contribution in [0.2, 0.25) is 0 Å². The van der Waals surface area contributed by atoms with Crippen molar-refractivity contribution in [3.8, 4) is 0 Å². The second kappa shape index (κ2) is 9.13. The van der Waals surface area contributed by atoms with Gasteiger partial charge >= 0.3 is 0 Å². The van der Waals surface area contributed by atoms with Crippen LogP contribution in [0.1, 0.15) is 33.6 Å². The summed E-state index contributed by atoms with van der Waals surface area (Å²) < 4.78 is 24.7. The summed E-state index contributed by atoms with van der Waals surface area (Å²) in [7, 11) is -3.69. The van der Waals surface area contributed by atoms with E-state index in [1.54, 1.807) is 12.1 Å². The van der Waals surface area contributed by atoms with Gasteiger partial charge in [0.15, 0.2) is 0 Å². The summed E-state index contributed by atoms with van der Waals surface area (Å²) in [5.74, 6) is 1.01. The monoisotopic (exact) mass is 453 g/mol. The smallest absolute Gasteiger partial charge is 0.251 e. The van der Waals surface area contributed by atoms with E-state index in [0.717, 1.165) is 48.7 Å². The lowest BCUT2D eigenvalue weighted by Crippen LogP contribution is -2.31. The van der Waals surface area contributed by atoms with E-state index in [1.165, 1.54) is 12.1 Å². The molecule has 168 valence electrons. The van der Waals surface area contributed by atoms with Crippen LogP contribution in [0, 0.1) is 6.92 Å². The van der Waals surface area contributed by atoms with Gasteiger partial charge in [0.05, 0.1) is 10.6 Å². The number of aryl methyl sites for hydroxylation is 2. The molecule has 4 rings (SSSR count). The molecule has 8 nitrogen and oxygen atoms in total. The fourth-order valence-corrected chi connectivity index (χ4v) is 4.40. The average molecular weight is 454 g/mol. The highest BCUT2D eigenvalue weighted by atomic mass is 32.2. The second-order valence-corrected chi connectivity index (χ2v) is 9.60. The molecule has 0 unspecified atom stereocenters. The number of nitrogens with one attached hydrogen (secondary N) is 1. The van der Waals surface area contributed by atoms with Crippen LogP contribution in [-0.4, -0.2) is 37.2 Å². The zero-order chi connectivity index (χ0) is 22.7. The number of nitrogens with two attached hydrogens (primary N) is 1. The number of anilines is 1. The molecule has 0 spiro atoms. The molecule has 2 aromatic carbocycles. The number of nitrogens with zero attached hydrogens (tertiary/aromatic N) is 3. The molecular formula is C23H27N5O3S. The van der Waals surface area contributed by atoms with E-state index in [2.05, 4.69) is 26.1 Å². The minimum atomic E-state index is -3.69. The summed E-state index contributed by atoms with van der Waals surface area (Å²) in [5, 5.41) is 12.5. The van der Waals surface area contributed by atoms with Crippen LogP contribution in [0.15, 0.2) is 59.5 Å². The fourth-order valence-electron chi connectivity index (χ4n) is 3.89. The summed E-state index contributed by atoms with van der Waals surface area (Å²) in [6, 6.07) is 16.1. The van der Waals surface area contributed by atoms with Crippen LogP contribution in [-0.2, 0) is 29.5 Å². The summed E-state index contributed by atoms with van der Waals surface area (Å²) in [6.45, 7) is 5.19. The fraction of sp³-hybridized carbons (Fsp3) is 0.304. The minimum Gasteiger partial charge on any atom is -0.352 e. The third-order valence-electron chi connectivity index (χ3n) is 5.54. The Bertz CT molecular complexity index is 1200. The molecular weight excluding hydrogens is 426 g/mol. The van der Waals surface area contributed by atoms with Gasteiger partial charge in [0.2, 0.25) is 10.0 Å². The van der Waals surface area contributed by atoms with Gasteiger partial charge in [-0.05, 0) is 55.2 Å². The van der Waals surface area contributed by atoms with E-state index in [4.69, 9.17) is 5.14 Å². The zero-order valence-electron chi connectivity index (χ0n) is 18.0. The first-order chi connectivity index (χ1) is 15.3. The number of hydrogen-bond donors (Lipinski definition) is 2. The maximum Gasteiger partial charge on any atom is 0.251 e. The molecule has 0 radical (unpaired) electrons. The Hall–Kier alpha value is -3.17. The highest BCUT2D eigenvalue weighted by Crippen LogP contribution is 2.23. The number of carbonyl (C=O) groups excluding carboxylic acids is 1. The first kappa shape index (κ1) is 22.0. The van der Waals surface area contributed by atoms with Gasteiger partial charge in [-0.2, -0.15) is 5.10 Å². The molecule has 2 heterocycles. The lowest BCUT2D eigenvalue weighted by molar-refractivity contribution is 0.0954. The highest BCUT2D eigenvalue weighted by Gasteiger charge is 2.18. The molecule has 1 amide bonds. The van der Waals surface area contributed by atoms with Crippen LogP contribution in [0.4, 0.5) is 5.82 Å². The van der Waals surface area contributed by atoms with Gasteiger partial charge in [-0.1, -0.05) is 24.3 Å². The van der Waals surface area contributed by atoms with Gasteiger partial charge in [-0.15, -0.1) is 0 Å². The molecule has 0 aliphatic carbocycles. The van der Waals surface area contributed by atoms with Crippen molar-refractivity contribution < 1.29 is 13.2 Å². The molecule has 32 heavy (non-hydrogen) atoms. The van der Waals surface area contributed by atoms with Crippen molar-refractivity contribution in [2.24, 2.45) is 5.14 Å². The number of amides is 1. The number of benzene rings is 2. The molecule has 0 bridgehead atoms. The number of primary sulfonamides is 1. The summed E-state index contributed by atoms with van der Waals surface area (Å²) in [4.78, 5) is 14.9. The van der Waals surface area contributed by atoms with E-state index in [1.807, 2.05) is 31.2 Å². The summed E-state index contributed by atoms with van der Waals surface area (Å²) in [5.41, 5.74) is 3.70. The number of rotatable bonds is 7. The molecule has 9 heteroatoms. The van der Waals surface area contributed by atoms with Gasteiger partial charge in [0.25, 0.3) is 5.91 Å². The normalized spacial score (nSPS) is 13.6. The van der Waals surface area contributed by atoms with Gasteiger partial charge < -0.3 is 10.2 Å². The minimum absolute atomic E-state index is 0.0783. The molecule has 3 N–H and O–H groups in total. The summed E-state index contributed by atoms with van der Waals surface area (Å²) in [6.07, 6.45) is 1.66.